The van der Waals surface area contributed by atoms with Crippen LogP contribution in [0.5, 0.6) is 11.5 Å². The van der Waals surface area contributed by atoms with Crippen molar-refractivity contribution in [1.29, 1.82) is 0 Å². The number of esters is 1. The highest BCUT2D eigenvalue weighted by atomic mass is 16.7. The third-order valence-corrected chi connectivity index (χ3v) is 1.92. The van der Waals surface area contributed by atoms with Crippen LogP contribution >= 0.6 is 0 Å². The summed E-state index contributed by atoms with van der Waals surface area (Å²) in [4.78, 5) is 11.2. The molecule has 0 saturated heterocycles. The highest BCUT2D eigenvalue weighted by Gasteiger charge is 2.20. The van der Waals surface area contributed by atoms with Crippen LogP contribution in [-0.2, 0) is 4.74 Å². The molecule has 1 heterocycles. The number of anilines is 1. The van der Waals surface area contributed by atoms with Crippen molar-refractivity contribution < 1.29 is 19.0 Å². The van der Waals surface area contributed by atoms with E-state index in [1.54, 1.807) is 6.07 Å². The Labute approximate surface area is 80.4 Å². The lowest BCUT2D eigenvalue weighted by atomic mass is 10.2. The van der Waals surface area contributed by atoms with Crippen molar-refractivity contribution in [2.75, 3.05) is 19.6 Å². The maximum atomic E-state index is 11.2. The van der Waals surface area contributed by atoms with Crippen LogP contribution in [0.25, 0.3) is 0 Å². The number of ether oxygens (including phenoxy) is 3. The molecule has 5 heteroatoms. The molecule has 0 unspecified atom stereocenters. The van der Waals surface area contributed by atoms with Gasteiger partial charge >= 0.3 is 5.97 Å². The Balaban J connectivity index is 2.46. The second kappa shape index (κ2) is 3.10. The van der Waals surface area contributed by atoms with Crippen molar-refractivity contribution in [2.24, 2.45) is 0 Å². The first-order valence-corrected chi connectivity index (χ1v) is 4.00. The average molecular weight is 195 g/mol. The van der Waals surface area contributed by atoms with Crippen LogP contribution in [0.15, 0.2) is 12.1 Å². The van der Waals surface area contributed by atoms with Crippen LogP contribution < -0.4 is 15.2 Å². The fourth-order valence-corrected chi connectivity index (χ4v) is 1.27. The van der Waals surface area contributed by atoms with Gasteiger partial charge in [-0.25, -0.2) is 4.79 Å². The summed E-state index contributed by atoms with van der Waals surface area (Å²) in [6.45, 7) is 0.129. The fraction of sp³-hybridized carbons (Fsp3) is 0.222. The number of methoxy groups -OCH3 is 1. The molecule has 0 fully saturated rings. The van der Waals surface area contributed by atoms with E-state index < -0.39 is 5.97 Å². The number of benzene rings is 1. The van der Waals surface area contributed by atoms with Gasteiger partial charge in [0, 0.05) is 0 Å². The summed E-state index contributed by atoms with van der Waals surface area (Å²) in [6, 6.07) is 3.05. The lowest BCUT2D eigenvalue weighted by molar-refractivity contribution is 0.0600. The van der Waals surface area contributed by atoms with Gasteiger partial charge in [0.1, 0.15) is 0 Å². The zero-order chi connectivity index (χ0) is 10.1. The van der Waals surface area contributed by atoms with Crippen LogP contribution in [0.1, 0.15) is 10.4 Å². The van der Waals surface area contributed by atoms with E-state index in [2.05, 4.69) is 4.74 Å². The number of nitrogen functional groups attached to an aromatic ring is 1. The molecule has 0 spiro atoms. The van der Waals surface area contributed by atoms with Gasteiger partial charge in [0.15, 0.2) is 11.5 Å². The molecular formula is C9H9NO4. The zero-order valence-corrected chi connectivity index (χ0v) is 7.57. The monoisotopic (exact) mass is 195 g/mol. The Morgan fingerprint density at radius 1 is 1.50 bits per heavy atom. The molecule has 2 rings (SSSR count). The summed E-state index contributed by atoms with van der Waals surface area (Å²) in [5.41, 5.74) is 6.38. The molecule has 1 aliphatic rings. The number of carbonyl (C=O) groups is 1. The van der Waals surface area contributed by atoms with E-state index in [1.165, 1.54) is 13.2 Å². The van der Waals surface area contributed by atoms with Crippen LogP contribution in [0.4, 0.5) is 5.69 Å². The van der Waals surface area contributed by atoms with Crippen LogP contribution in [-0.4, -0.2) is 19.9 Å². The molecule has 0 aromatic heterocycles. The van der Waals surface area contributed by atoms with Crippen molar-refractivity contribution in [2.45, 2.75) is 0 Å². The first kappa shape index (κ1) is 8.68. The normalized spacial score (nSPS) is 12.6. The topological polar surface area (TPSA) is 70.8 Å². The van der Waals surface area contributed by atoms with Crippen molar-refractivity contribution in [3.63, 3.8) is 0 Å². The largest absolute Gasteiger partial charge is 0.465 e. The molecule has 0 saturated carbocycles. The first-order valence-electron chi connectivity index (χ1n) is 4.00. The Kier molecular flexibility index (Phi) is 1.92. The Bertz CT molecular complexity index is 389. The van der Waals surface area contributed by atoms with Crippen LogP contribution in [0, 0.1) is 0 Å². The predicted molar refractivity (Wildman–Crippen MR) is 48.3 cm³/mol. The highest BCUT2D eigenvalue weighted by Crippen LogP contribution is 2.38. The molecule has 1 aromatic carbocycles. The Hall–Kier alpha value is -1.91. The molecular weight excluding hydrogens is 186 g/mol. The van der Waals surface area contributed by atoms with Crippen molar-refractivity contribution >= 4 is 11.7 Å². The van der Waals surface area contributed by atoms with Gasteiger partial charge in [-0.15, -0.1) is 0 Å². The van der Waals surface area contributed by atoms with Crippen molar-refractivity contribution in [3.05, 3.63) is 17.7 Å². The molecule has 74 valence electrons. The quantitative estimate of drug-likeness (QED) is 0.529. The second-order valence-corrected chi connectivity index (χ2v) is 2.79. The molecule has 5 nitrogen and oxygen atoms in total. The maximum Gasteiger partial charge on any atom is 0.338 e. The summed E-state index contributed by atoms with van der Waals surface area (Å²) in [5.74, 6) is 0.512. The van der Waals surface area contributed by atoms with E-state index in [0.717, 1.165) is 0 Å². The van der Waals surface area contributed by atoms with E-state index in [-0.39, 0.29) is 6.79 Å². The summed E-state index contributed by atoms with van der Waals surface area (Å²) < 4.78 is 14.8. The van der Waals surface area contributed by atoms with Crippen LogP contribution in [0.2, 0.25) is 0 Å². The number of carbonyl (C=O) groups excluding carboxylic acids is 1. The molecule has 2 N–H and O–H groups in total. The lowest BCUT2D eigenvalue weighted by Gasteiger charge is -2.03. The lowest BCUT2D eigenvalue weighted by Crippen LogP contribution is -2.02. The average Bonchev–Trinajstić information content (AvgIpc) is 2.64. The highest BCUT2D eigenvalue weighted by molar-refractivity contribution is 5.92. The second-order valence-electron chi connectivity index (χ2n) is 2.79. The van der Waals surface area contributed by atoms with Gasteiger partial charge in [-0.3, -0.25) is 0 Å². The minimum atomic E-state index is -0.449. The number of rotatable bonds is 1. The molecule has 0 bridgehead atoms. The zero-order valence-electron chi connectivity index (χ0n) is 7.57. The van der Waals surface area contributed by atoms with Gasteiger partial charge < -0.3 is 19.9 Å². The standard InChI is InChI=1S/C9H9NO4/c1-12-9(11)5-2-6(10)8-7(3-5)13-4-14-8/h2-3H,4,10H2,1H3. The number of fused-ring (bicyclic) bond motifs is 1. The molecule has 0 aliphatic carbocycles. The van der Waals surface area contributed by atoms with Gasteiger partial charge in [-0.2, -0.15) is 0 Å². The molecule has 14 heavy (non-hydrogen) atoms. The summed E-state index contributed by atoms with van der Waals surface area (Å²) in [7, 11) is 1.31. The van der Waals surface area contributed by atoms with Gasteiger partial charge in [0.25, 0.3) is 0 Å². The third-order valence-electron chi connectivity index (χ3n) is 1.92. The Morgan fingerprint density at radius 2 is 2.29 bits per heavy atom. The SMILES string of the molecule is COC(=O)c1cc(N)c2c(c1)OCO2. The van der Waals surface area contributed by atoms with E-state index in [4.69, 9.17) is 15.2 Å². The molecule has 0 radical (unpaired) electrons. The first-order chi connectivity index (χ1) is 6.72. The maximum absolute atomic E-state index is 11.2. The van der Waals surface area contributed by atoms with Gasteiger partial charge in [-0.1, -0.05) is 0 Å². The van der Waals surface area contributed by atoms with Gasteiger partial charge in [0.2, 0.25) is 6.79 Å². The number of hydrogen-bond acceptors (Lipinski definition) is 5. The summed E-state index contributed by atoms with van der Waals surface area (Å²) in [5, 5.41) is 0. The third kappa shape index (κ3) is 1.22. The Morgan fingerprint density at radius 3 is 3.00 bits per heavy atom. The fourth-order valence-electron chi connectivity index (χ4n) is 1.27. The summed E-state index contributed by atoms with van der Waals surface area (Å²) >= 11 is 0. The van der Waals surface area contributed by atoms with Crippen molar-refractivity contribution in [1.82, 2.24) is 0 Å². The minimum absolute atomic E-state index is 0.129. The number of nitrogens with two attached hydrogens (primary N) is 1. The van der Waals surface area contributed by atoms with E-state index in [1.807, 2.05) is 0 Å². The van der Waals surface area contributed by atoms with Gasteiger partial charge in [0.05, 0.1) is 18.4 Å². The van der Waals surface area contributed by atoms with E-state index >= 15 is 0 Å². The van der Waals surface area contributed by atoms with Gasteiger partial charge in [-0.05, 0) is 12.1 Å². The molecule has 0 amide bonds. The predicted octanol–water partition coefficient (Wildman–Crippen LogP) is 0.784. The number of hydrogen-bond donors (Lipinski definition) is 1. The van der Waals surface area contributed by atoms with Crippen LogP contribution in [0.3, 0.4) is 0 Å². The van der Waals surface area contributed by atoms with E-state index in [0.29, 0.717) is 22.7 Å². The molecule has 1 aromatic rings. The smallest absolute Gasteiger partial charge is 0.338 e. The molecule has 1 aliphatic heterocycles. The minimum Gasteiger partial charge on any atom is -0.465 e. The summed E-state index contributed by atoms with van der Waals surface area (Å²) in [6.07, 6.45) is 0. The molecule has 0 atom stereocenters. The van der Waals surface area contributed by atoms with E-state index in [9.17, 15) is 4.79 Å². The van der Waals surface area contributed by atoms with Crippen molar-refractivity contribution in [3.8, 4) is 11.5 Å².